The molecule has 7 nitrogen and oxygen atoms in total. The van der Waals surface area contributed by atoms with Crippen LogP contribution in [0.5, 0.6) is 11.5 Å². The zero-order chi connectivity index (χ0) is 26.7. The van der Waals surface area contributed by atoms with Crippen LogP contribution in [0.3, 0.4) is 0 Å². The Labute approximate surface area is 223 Å². The minimum absolute atomic E-state index is 0.117. The summed E-state index contributed by atoms with van der Waals surface area (Å²) < 4.78 is 10.8. The van der Waals surface area contributed by atoms with E-state index < -0.39 is 6.04 Å². The van der Waals surface area contributed by atoms with E-state index in [-0.39, 0.29) is 47.4 Å². The third-order valence-corrected chi connectivity index (χ3v) is 8.99. The summed E-state index contributed by atoms with van der Waals surface area (Å²) in [6.07, 6.45) is 5.65. The van der Waals surface area contributed by atoms with Crippen LogP contribution in [0.2, 0.25) is 0 Å². The lowest BCUT2D eigenvalue weighted by Gasteiger charge is -2.50. The van der Waals surface area contributed by atoms with Crippen molar-refractivity contribution in [3.8, 4) is 11.5 Å². The average Bonchev–Trinajstić information content (AvgIpc) is 3.61. The van der Waals surface area contributed by atoms with Crippen molar-refractivity contribution >= 4 is 17.7 Å². The summed E-state index contributed by atoms with van der Waals surface area (Å²) in [5, 5.41) is 0. The van der Waals surface area contributed by atoms with Gasteiger partial charge in [-0.15, -0.1) is 0 Å². The lowest BCUT2D eigenvalue weighted by Crippen LogP contribution is -2.67. The standard InChI is InChI=1S/C31H34N2O5/c1-17(2)19-6-8-20(9-7-19)27-28(33-29(34)25-21-10-11-22(16-21)26(25)30(33)35)31(36)32(27)14-13-18-5-12-23(37-3)24(15-18)38-4/h5-12,15,17,21-22,25-28H,13-14,16H2,1-4H3. The van der Waals surface area contributed by atoms with E-state index in [2.05, 4.69) is 38.1 Å². The van der Waals surface area contributed by atoms with Gasteiger partial charge in [0.1, 0.15) is 6.04 Å². The first-order chi connectivity index (χ1) is 18.3. The molecule has 2 aliphatic heterocycles. The number of methoxy groups -OCH3 is 2. The van der Waals surface area contributed by atoms with Crippen molar-refractivity contribution in [3.05, 3.63) is 71.3 Å². The molecule has 2 heterocycles. The molecule has 2 bridgehead atoms. The lowest BCUT2D eigenvalue weighted by atomic mass is 9.85. The normalized spacial score (nSPS) is 29.3. The number of carbonyl (C=O) groups is 3. The van der Waals surface area contributed by atoms with E-state index >= 15 is 0 Å². The van der Waals surface area contributed by atoms with Crippen LogP contribution in [-0.2, 0) is 20.8 Å². The van der Waals surface area contributed by atoms with Crippen molar-refractivity contribution in [1.29, 1.82) is 0 Å². The molecule has 2 aromatic carbocycles. The van der Waals surface area contributed by atoms with Crippen LogP contribution in [-0.4, -0.2) is 54.3 Å². The van der Waals surface area contributed by atoms with E-state index in [9.17, 15) is 14.4 Å². The van der Waals surface area contributed by atoms with Crippen molar-refractivity contribution in [1.82, 2.24) is 9.80 Å². The van der Waals surface area contributed by atoms with Crippen LogP contribution < -0.4 is 9.47 Å². The monoisotopic (exact) mass is 514 g/mol. The van der Waals surface area contributed by atoms with Gasteiger partial charge in [-0.05, 0) is 59.4 Å². The highest BCUT2D eigenvalue weighted by molar-refractivity contribution is 6.10. The molecule has 2 aromatic rings. The third-order valence-electron chi connectivity index (χ3n) is 8.99. The fraction of sp³-hybridized carbons (Fsp3) is 0.452. The SMILES string of the molecule is COc1ccc(CCN2C(=O)C(N3C(=O)C4C5C=CC(C5)C4C3=O)C2c2ccc(C(C)C)cc2)cc1OC. The average molecular weight is 515 g/mol. The smallest absolute Gasteiger partial charge is 0.248 e. The number of benzene rings is 2. The number of hydrogen-bond acceptors (Lipinski definition) is 5. The van der Waals surface area contributed by atoms with Crippen molar-refractivity contribution in [3.63, 3.8) is 0 Å². The van der Waals surface area contributed by atoms with Gasteiger partial charge in [-0.1, -0.05) is 56.3 Å². The number of allylic oxidation sites excluding steroid dienone is 2. The van der Waals surface area contributed by atoms with Crippen molar-refractivity contribution in [2.45, 2.75) is 44.7 Å². The molecule has 6 rings (SSSR count). The Kier molecular flexibility index (Phi) is 6.04. The minimum Gasteiger partial charge on any atom is -0.493 e. The number of ether oxygens (including phenoxy) is 2. The maximum absolute atomic E-state index is 13.7. The molecule has 1 saturated carbocycles. The summed E-state index contributed by atoms with van der Waals surface area (Å²) in [5.74, 6) is 0.792. The summed E-state index contributed by atoms with van der Waals surface area (Å²) in [7, 11) is 3.20. The molecule has 7 heteroatoms. The van der Waals surface area contributed by atoms with E-state index in [4.69, 9.17) is 9.47 Å². The van der Waals surface area contributed by atoms with Gasteiger partial charge in [-0.3, -0.25) is 19.3 Å². The molecule has 198 valence electrons. The predicted octanol–water partition coefficient (Wildman–Crippen LogP) is 4.13. The Morgan fingerprint density at radius 1 is 0.816 bits per heavy atom. The molecule has 0 N–H and O–H groups in total. The number of fused-ring (bicyclic) bond motifs is 5. The first-order valence-corrected chi connectivity index (χ1v) is 13.5. The van der Waals surface area contributed by atoms with Gasteiger partial charge < -0.3 is 14.4 Å². The Hall–Kier alpha value is -3.61. The summed E-state index contributed by atoms with van der Waals surface area (Å²) in [5.41, 5.74) is 3.17. The van der Waals surface area contributed by atoms with Crippen LogP contribution in [0, 0.1) is 23.7 Å². The molecule has 2 saturated heterocycles. The van der Waals surface area contributed by atoms with Crippen LogP contribution in [0.15, 0.2) is 54.6 Å². The van der Waals surface area contributed by atoms with Crippen molar-refractivity contribution < 1.29 is 23.9 Å². The Bertz CT molecular complexity index is 1290. The second-order valence-electron chi connectivity index (χ2n) is 11.2. The molecular weight excluding hydrogens is 480 g/mol. The number of rotatable bonds is 8. The summed E-state index contributed by atoms with van der Waals surface area (Å²) in [6.45, 7) is 4.75. The van der Waals surface area contributed by atoms with Gasteiger partial charge >= 0.3 is 0 Å². The fourth-order valence-corrected chi connectivity index (χ4v) is 6.96. The summed E-state index contributed by atoms with van der Waals surface area (Å²) in [4.78, 5) is 44.0. The van der Waals surface area contributed by atoms with E-state index in [1.54, 1.807) is 14.2 Å². The third kappa shape index (κ3) is 3.66. The number of hydrogen-bond donors (Lipinski definition) is 0. The fourth-order valence-electron chi connectivity index (χ4n) is 6.96. The molecule has 3 amide bonds. The molecule has 38 heavy (non-hydrogen) atoms. The lowest BCUT2D eigenvalue weighted by molar-refractivity contribution is -0.169. The first-order valence-electron chi connectivity index (χ1n) is 13.5. The maximum atomic E-state index is 13.7. The molecule has 0 spiro atoms. The Morgan fingerprint density at radius 2 is 1.45 bits per heavy atom. The number of carbonyl (C=O) groups excluding carboxylic acids is 3. The number of amides is 3. The van der Waals surface area contributed by atoms with E-state index in [1.807, 2.05) is 35.2 Å². The van der Waals surface area contributed by atoms with E-state index in [0.29, 0.717) is 30.4 Å². The minimum atomic E-state index is -0.782. The van der Waals surface area contributed by atoms with Gasteiger partial charge in [0.25, 0.3) is 0 Å². The number of imide groups is 1. The molecule has 3 fully saturated rings. The van der Waals surface area contributed by atoms with Gasteiger partial charge in [-0.2, -0.15) is 0 Å². The molecule has 6 atom stereocenters. The summed E-state index contributed by atoms with van der Waals surface area (Å²) >= 11 is 0. The van der Waals surface area contributed by atoms with Crippen LogP contribution in [0.1, 0.15) is 48.9 Å². The topological polar surface area (TPSA) is 76.2 Å². The predicted molar refractivity (Wildman–Crippen MR) is 142 cm³/mol. The second kappa shape index (κ2) is 9.29. The molecule has 6 unspecified atom stereocenters. The molecule has 0 aromatic heterocycles. The highest BCUT2D eigenvalue weighted by atomic mass is 16.5. The largest absolute Gasteiger partial charge is 0.493 e. The summed E-state index contributed by atoms with van der Waals surface area (Å²) in [6, 6.07) is 12.9. The molecule has 4 aliphatic rings. The highest BCUT2D eigenvalue weighted by Gasteiger charge is 2.65. The van der Waals surface area contributed by atoms with E-state index in [0.717, 1.165) is 17.5 Å². The van der Waals surface area contributed by atoms with Gasteiger partial charge in [-0.25, -0.2) is 0 Å². The van der Waals surface area contributed by atoms with Crippen LogP contribution in [0.25, 0.3) is 0 Å². The number of β-lactam (4-membered cyclic amide) rings is 1. The van der Waals surface area contributed by atoms with Crippen molar-refractivity contribution in [2.24, 2.45) is 23.7 Å². The Balaban J connectivity index is 1.28. The first kappa shape index (κ1) is 24.7. The number of likely N-dealkylation sites (tertiary alicyclic amines) is 2. The van der Waals surface area contributed by atoms with Gasteiger partial charge in [0, 0.05) is 6.54 Å². The quantitative estimate of drug-likeness (QED) is 0.301. The zero-order valence-electron chi connectivity index (χ0n) is 22.3. The zero-order valence-corrected chi connectivity index (χ0v) is 22.3. The van der Waals surface area contributed by atoms with Gasteiger partial charge in [0.05, 0.1) is 32.1 Å². The van der Waals surface area contributed by atoms with Gasteiger partial charge in [0.15, 0.2) is 11.5 Å². The number of nitrogens with zero attached hydrogens (tertiary/aromatic N) is 2. The second-order valence-corrected chi connectivity index (χ2v) is 11.2. The van der Waals surface area contributed by atoms with Crippen LogP contribution in [0.4, 0.5) is 0 Å². The van der Waals surface area contributed by atoms with Crippen LogP contribution >= 0.6 is 0 Å². The van der Waals surface area contributed by atoms with Crippen molar-refractivity contribution in [2.75, 3.05) is 20.8 Å². The maximum Gasteiger partial charge on any atom is 0.248 e. The van der Waals surface area contributed by atoms with E-state index in [1.165, 1.54) is 10.5 Å². The molecule has 0 radical (unpaired) electrons. The Morgan fingerprint density at radius 3 is 2.03 bits per heavy atom. The highest BCUT2D eigenvalue weighted by Crippen LogP contribution is 2.54. The molecule has 2 aliphatic carbocycles. The molecular formula is C31H34N2O5. The van der Waals surface area contributed by atoms with Gasteiger partial charge in [0.2, 0.25) is 17.7 Å².